The van der Waals surface area contributed by atoms with E-state index in [0.29, 0.717) is 15.9 Å². The Morgan fingerprint density at radius 1 is 0.672 bits per heavy atom. The minimum atomic E-state index is -5.00. The summed E-state index contributed by atoms with van der Waals surface area (Å²) in [5.74, 6) is -1.10. The number of alkyl halides is 6. The molecule has 58 heavy (non-hydrogen) atoms. The number of ether oxygens (including phenoxy) is 4. The first-order valence-corrected chi connectivity index (χ1v) is 20.1. The number of hydrogen-bond donors (Lipinski definition) is 0. The van der Waals surface area contributed by atoms with Crippen LogP contribution < -0.4 is 9.47 Å². The Bertz CT molecular complexity index is 2490. The van der Waals surface area contributed by atoms with Crippen molar-refractivity contribution in [3.05, 3.63) is 141 Å². The third kappa shape index (κ3) is 8.09. The van der Waals surface area contributed by atoms with Crippen molar-refractivity contribution in [2.75, 3.05) is 0 Å². The second-order valence-electron chi connectivity index (χ2n) is 13.4. The van der Waals surface area contributed by atoms with Crippen LogP contribution in [0.5, 0.6) is 11.5 Å². The molecule has 0 bridgehead atoms. The Kier molecular flexibility index (Phi) is 10.6. The highest BCUT2D eigenvalue weighted by atomic mass is 35.5. The first kappa shape index (κ1) is 40.3. The van der Waals surface area contributed by atoms with Crippen LogP contribution in [0.15, 0.2) is 108 Å². The highest BCUT2D eigenvalue weighted by Crippen LogP contribution is 2.63. The summed E-state index contributed by atoms with van der Waals surface area (Å²) in [7, 11) is 2.37. The number of aromatic nitrogens is 6. The van der Waals surface area contributed by atoms with Gasteiger partial charge < -0.3 is 18.9 Å². The van der Waals surface area contributed by atoms with Gasteiger partial charge in [-0.15, -0.1) is 26.3 Å². The Morgan fingerprint density at radius 2 is 1.17 bits per heavy atom. The largest absolute Gasteiger partial charge is 0.573 e. The lowest BCUT2D eigenvalue weighted by atomic mass is 9.88. The first-order chi connectivity index (χ1) is 27.6. The molecule has 302 valence electrons. The van der Waals surface area contributed by atoms with Crippen molar-refractivity contribution in [3.63, 3.8) is 0 Å². The van der Waals surface area contributed by atoms with E-state index < -0.39 is 47.6 Å². The summed E-state index contributed by atoms with van der Waals surface area (Å²) in [6.07, 6.45) is -9.11. The maximum absolute atomic E-state index is 13.5. The fraction of sp³-hybridized carbons (Fsp3) is 0.263. The van der Waals surface area contributed by atoms with E-state index in [-0.39, 0.29) is 34.3 Å². The van der Waals surface area contributed by atoms with Crippen LogP contribution in [-0.4, -0.2) is 42.3 Å². The molecule has 2 aromatic heterocycles. The lowest BCUT2D eigenvalue weighted by molar-refractivity contribution is -0.275. The molecule has 0 radical (unpaired) electrons. The molecule has 0 N–H and O–H groups in total. The zero-order valence-electron chi connectivity index (χ0n) is 30.0. The van der Waals surface area contributed by atoms with Crippen molar-refractivity contribution in [2.24, 2.45) is 0 Å². The van der Waals surface area contributed by atoms with E-state index in [9.17, 15) is 26.3 Å². The quantitative estimate of drug-likeness (QED) is 0.0632. The van der Waals surface area contributed by atoms with Crippen LogP contribution in [0.1, 0.15) is 45.6 Å². The van der Waals surface area contributed by atoms with Crippen molar-refractivity contribution >= 4 is 44.8 Å². The molecular weight excluding hydrogens is 853 g/mol. The predicted octanol–water partition coefficient (Wildman–Crippen LogP) is 10.7. The number of aryl methyl sites for hydroxylation is 2. The van der Waals surface area contributed by atoms with Gasteiger partial charge in [-0.25, -0.2) is 19.3 Å². The fourth-order valence-corrected chi connectivity index (χ4v) is 9.45. The molecule has 0 aliphatic carbocycles. The number of benzene rings is 4. The summed E-state index contributed by atoms with van der Waals surface area (Å²) < 4.78 is 106. The smallest absolute Gasteiger partial charge is 0.404 e. The number of rotatable bonds is 13. The monoisotopic (exact) mass is 880 g/mol. The number of para-hydroxylation sites is 2. The molecule has 4 atom stereocenters. The normalized spacial score (nSPS) is 21.6. The Hall–Kier alpha value is -4.46. The van der Waals surface area contributed by atoms with Gasteiger partial charge in [0.2, 0.25) is 0 Å². The van der Waals surface area contributed by atoms with Crippen LogP contribution in [0.3, 0.4) is 0 Å². The van der Waals surface area contributed by atoms with E-state index in [1.165, 1.54) is 70.6 Å². The standard InChI is InChI=1S/C38H28Cl2F6N6O4S2/c1-21-8-5-10-23(16-21)35(31(55-35)24-11-6-14-27(39)29(24)53-37(41,42)43)17-51-33(47-19-49-51)57-58-34-48-20-50-52(34)18-36(26-13-4-3-9-22(26)2)32(56-36)25-12-7-15-28(40)30(25)54-38(44,45)46/h3-16,19-20,31-32H,17-18H2,1-2H3. The topological polar surface area (TPSA) is 105 Å². The maximum Gasteiger partial charge on any atom is 0.573 e. The minimum absolute atomic E-state index is 0.0442. The van der Waals surface area contributed by atoms with Gasteiger partial charge in [-0.3, -0.25) is 0 Å². The van der Waals surface area contributed by atoms with Crippen LogP contribution in [0, 0.1) is 13.8 Å². The lowest BCUT2D eigenvalue weighted by Gasteiger charge is -2.19. The zero-order valence-corrected chi connectivity index (χ0v) is 33.1. The molecule has 4 unspecified atom stereocenters. The van der Waals surface area contributed by atoms with E-state index >= 15 is 0 Å². The molecular formula is C38H28Cl2F6N6O4S2. The summed E-state index contributed by atoms with van der Waals surface area (Å²) in [4.78, 5) is 8.87. The van der Waals surface area contributed by atoms with Crippen molar-refractivity contribution in [1.82, 2.24) is 29.5 Å². The third-order valence-corrected chi connectivity index (χ3v) is 12.4. The van der Waals surface area contributed by atoms with Gasteiger partial charge in [-0.1, -0.05) is 102 Å². The Morgan fingerprint density at radius 3 is 1.71 bits per heavy atom. The molecule has 4 aromatic carbocycles. The third-order valence-electron chi connectivity index (χ3n) is 9.61. The van der Waals surface area contributed by atoms with Gasteiger partial charge >= 0.3 is 12.7 Å². The number of epoxide rings is 2. The molecule has 2 aliphatic rings. The molecule has 0 spiro atoms. The van der Waals surface area contributed by atoms with Gasteiger partial charge in [0.15, 0.2) is 21.8 Å². The average molecular weight is 882 g/mol. The highest BCUT2D eigenvalue weighted by molar-refractivity contribution is 8.76. The minimum Gasteiger partial charge on any atom is -0.404 e. The van der Waals surface area contributed by atoms with E-state index in [1.807, 2.05) is 62.4 Å². The first-order valence-electron chi connectivity index (χ1n) is 17.2. The molecule has 0 amide bonds. The number of nitrogens with zero attached hydrogens (tertiary/aromatic N) is 6. The number of halogens is 8. The molecule has 10 nitrogen and oxygen atoms in total. The highest BCUT2D eigenvalue weighted by Gasteiger charge is 2.62. The molecule has 0 saturated carbocycles. The Balaban J connectivity index is 1.07. The van der Waals surface area contributed by atoms with Crippen LogP contribution in [0.2, 0.25) is 10.0 Å². The SMILES string of the molecule is Cc1cccc(C2(Cn3ncnc3SSc3ncnn3CC3(c4ccccc4C)OC3c3cccc(Cl)c3OC(F)(F)F)OC2c2cccc(Cl)c2OC(F)(F)F)c1. The van der Waals surface area contributed by atoms with Gasteiger partial charge in [0.25, 0.3) is 0 Å². The van der Waals surface area contributed by atoms with E-state index in [1.54, 1.807) is 9.36 Å². The molecule has 4 heterocycles. The van der Waals surface area contributed by atoms with Crippen LogP contribution in [-0.2, 0) is 33.8 Å². The predicted molar refractivity (Wildman–Crippen MR) is 201 cm³/mol. The van der Waals surface area contributed by atoms with Gasteiger partial charge in [-0.05, 0) is 64.3 Å². The van der Waals surface area contributed by atoms with E-state index in [0.717, 1.165) is 16.7 Å². The van der Waals surface area contributed by atoms with Crippen molar-refractivity contribution < 1.29 is 45.3 Å². The van der Waals surface area contributed by atoms with Crippen LogP contribution >= 0.6 is 44.8 Å². The maximum atomic E-state index is 13.5. The number of hydrogen-bond acceptors (Lipinski definition) is 10. The summed E-state index contributed by atoms with van der Waals surface area (Å²) in [5.41, 5.74) is 1.02. The molecule has 2 fully saturated rings. The molecule has 2 saturated heterocycles. The molecule has 6 aromatic rings. The van der Waals surface area contributed by atoms with Crippen LogP contribution in [0.4, 0.5) is 26.3 Å². The van der Waals surface area contributed by atoms with E-state index in [4.69, 9.17) is 32.7 Å². The van der Waals surface area contributed by atoms with Crippen molar-refractivity contribution in [3.8, 4) is 11.5 Å². The fourth-order valence-electron chi connectivity index (χ4n) is 7.06. The summed E-state index contributed by atoms with van der Waals surface area (Å²) >= 11 is 12.4. The lowest BCUT2D eigenvalue weighted by Crippen LogP contribution is -2.22. The van der Waals surface area contributed by atoms with Gasteiger partial charge in [-0.2, -0.15) is 10.2 Å². The van der Waals surface area contributed by atoms with Crippen molar-refractivity contribution in [2.45, 2.75) is 73.4 Å². The zero-order chi connectivity index (χ0) is 41.0. The van der Waals surface area contributed by atoms with Gasteiger partial charge in [0.05, 0.1) is 23.1 Å². The van der Waals surface area contributed by atoms with E-state index in [2.05, 4.69) is 29.6 Å². The van der Waals surface area contributed by atoms with Gasteiger partial charge in [0, 0.05) is 11.1 Å². The molecule has 20 heteroatoms. The molecule has 8 rings (SSSR count). The van der Waals surface area contributed by atoms with Crippen molar-refractivity contribution in [1.29, 1.82) is 0 Å². The average Bonchev–Trinajstić information content (AvgIpc) is 3.93. The second kappa shape index (κ2) is 15.3. The summed E-state index contributed by atoms with van der Waals surface area (Å²) in [5, 5.41) is 9.22. The molecule has 2 aliphatic heterocycles. The van der Waals surface area contributed by atoms with Gasteiger partial charge in [0.1, 0.15) is 36.1 Å². The van der Waals surface area contributed by atoms with Crippen LogP contribution in [0.25, 0.3) is 0 Å². The Labute approximate surface area is 344 Å². The summed E-state index contributed by atoms with van der Waals surface area (Å²) in [6.45, 7) is 3.85. The summed E-state index contributed by atoms with van der Waals surface area (Å²) in [6, 6.07) is 23.4. The second-order valence-corrected chi connectivity index (χ2v) is 16.3.